The molecule has 1 aliphatic heterocycles. The number of hydrogen-bond acceptors (Lipinski definition) is 7. The number of aliphatic hydroxyl groups excluding tert-OH is 1. The van der Waals surface area contributed by atoms with Crippen molar-refractivity contribution in [1.82, 2.24) is 16.0 Å². The van der Waals surface area contributed by atoms with Crippen molar-refractivity contribution in [2.24, 2.45) is 5.92 Å². The molecule has 3 aromatic carbocycles. The molecule has 2 aliphatic rings. The lowest BCUT2D eigenvalue weighted by Gasteiger charge is -2.24. The van der Waals surface area contributed by atoms with Gasteiger partial charge in [-0.25, -0.2) is 9.59 Å². The summed E-state index contributed by atoms with van der Waals surface area (Å²) in [6, 6.07) is 23.7. The molecule has 246 valence electrons. The van der Waals surface area contributed by atoms with Crippen molar-refractivity contribution in [1.29, 1.82) is 0 Å². The molecular weight excluding hydrogens is 598 g/mol. The van der Waals surface area contributed by atoms with E-state index in [1.165, 1.54) is 0 Å². The Bertz CT molecular complexity index is 1550. The standard InChI is InChI=1S/C37H41N3O7/c1-24(22-41)39-34(42)20-26-14-6-3-7-19-32(36(44)47-33(21-38-35(26)43)25-12-4-2-5-13-25)40-37(45)46-23-31-29-17-10-8-15-27(29)28-16-9-11-18-30(28)31/h2-6,8-13,15-18,24,26,31-33,41H,7,14,19-23H2,1H3,(H,38,43)(H,39,42)(H,40,45)/t24-,26+,32-,33-/m0/s1. The third kappa shape index (κ3) is 8.65. The summed E-state index contributed by atoms with van der Waals surface area (Å²) in [5.74, 6) is -2.15. The van der Waals surface area contributed by atoms with Crippen molar-refractivity contribution in [3.63, 3.8) is 0 Å². The maximum atomic E-state index is 13.5. The van der Waals surface area contributed by atoms with Gasteiger partial charge >= 0.3 is 12.1 Å². The minimum atomic E-state index is -1.00. The quantitative estimate of drug-likeness (QED) is 0.209. The molecule has 47 heavy (non-hydrogen) atoms. The van der Waals surface area contributed by atoms with E-state index in [0.29, 0.717) is 18.4 Å². The van der Waals surface area contributed by atoms with Crippen molar-refractivity contribution in [3.05, 3.63) is 108 Å². The van der Waals surface area contributed by atoms with Crippen LogP contribution < -0.4 is 16.0 Å². The molecule has 1 heterocycles. The van der Waals surface area contributed by atoms with Crippen LogP contribution in [0.25, 0.3) is 11.1 Å². The molecule has 0 unspecified atom stereocenters. The summed E-state index contributed by atoms with van der Waals surface area (Å²) in [4.78, 5) is 52.4. The molecule has 10 nitrogen and oxygen atoms in total. The number of ether oxygens (including phenoxy) is 2. The zero-order valence-electron chi connectivity index (χ0n) is 26.4. The summed E-state index contributed by atoms with van der Waals surface area (Å²) in [5.41, 5.74) is 5.06. The first-order chi connectivity index (χ1) is 22.8. The molecular formula is C37H41N3O7. The van der Waals surface area contributed by atoms with Crippen LogP contribution >= 0.6 is 0 Å². The van der Waals surface area contributed by atoms with E-state index in [-0.39, 0.29) is 50.3 Å². The number of allylic oxidation sites excluding steroid dienone is 2. The van der Waals surface area contributed by atoms with Crippen LogP contribution in [0.2, 0.25) is 0 Å². The highest BCUT2D eigenvalue weighted by Crippen LogP contribution is 2.44. The van der Waals surface area contributed by atoms with Crippen LogP contribution in [0.4, 0.5) is 4.79 Å². The summed E-state index contributed by atoms with van der Waals surface area (Å²) < 4.78 is 11.6. The average Bonchev–Trinajstić information content (AvgIpc) is 3.41. The predicted molar refractivity (Wildman–Crippen MR) is 176 cm³/mol. The number of nitrogens with one attached hydrogen (secondary N) is 3. The van der Waals surface area contributed by atoms with Crippen LogP contribution in [0, 0.1) is 5.92 Å². The Labute approximate surface area is 274 Å². The molecule has 0 bridgehead atoms. The fourth-order valence-electron chi connectivity index (χ4n) is 6.01. The molecule has 0 fully saturated rings. The average molecular weight is 640 g/mol. The number of esters is 1. The van der Waals surface area contributed by atoms with Gasteiger partial charge in [0.2, 0.25) is 11.8 Å². The lowest BCUT2D eigenvalue weighted by molar-refractivity contribution is -0.152. The fraction of sp³-hybridized carbons (Fsp3) is 0.351. The van der Waals surface area contributed by atoms with Gasteiger partial charge in [0.1, 0.15) is 18.8 Å². The van der Waals surface area contributed by atoms with Gasteiger partial charge in [0.15, 0.2) is 0 Å². The SMILES string of the molecule is C[C@@H](CO)NC(=O)C[C@H]1CC=CCC[C@H](NC(=O)OCC2c3ccccc3-c3ccccc32)C(=O)O[C@H](c2ccccc2)CNC1=O. The predicted octanol–water partition coefficient (Wildman–Crippen LogP) is 4.54. The molecule has 0 aromatic heterocycles. The van der Waals surface area contributed by atoms with E-state index in [0.717, 1.165) is 22.3 Å². The molecule has 1 aliphatic carbocycles. The Kier molecular flexibility index (Phi) is 11.4. The van der Waals surface area contributed by atoms with Crippen LogP contribution in [0.5, 0.6) is 0 Å². The van der Waals surface area contributed by atoms with Gasteiger partial charge in [-0.15, -0.1) is 0 Å². The zero-order chi connectivity index (χ0) is 33.2. The lowest BCUT2D eigenvalue weighted by atomic mass is 9.98. The first kappa shape index (κ1) is 33.4. The molecule has 0 saturated carbocycles. The topological polar surface area (TPSA) is 143 Å². The van der Waals surface area contributed by atoms with Gasteiger partial charge in [-0.1, -0.05) is 91.0 Å². The van der Waals surface area contributed by atoms with Crippen molar-refractivity contribution in [2.75, 3.05) is 19.8 Å². The zero-order valence-corrected chi connectivity index (χ0v) is 26.4. The number of fused-ring (bicyclic) bond motifs is 3. The van der Waals surface area contributed by atoms with Crippen LogP contribution in [0.1, 0.15) is 61.3 Å². The van der Waals surface area contributed by atoms with E-state index in [1.54, 1.807) is 37.3 Å². The highest BCUT2D eigenvalue weighted by Gasteiger charge is 2.31. The molecule has 5 rings (SSSR count). The molecule has 4 N–H and O–H groups in total. The van der Waals surface area contributed by atoms with Gasteiger partial charge in [0.05, 0.1) is 19.1 Å². The van der Waals surface area contributed by atoms with Gasteiger partial charge < -0.3 is 30.5 Å². The number of cyclic esters (lactones) is 1. The Morgan fingerprint density at radius 3 is 2.30 bits per heavy atom. The van der Waals surface area contributed by atoms with Gasteiger partial charge in [0, 0.05) is 18.4 Å². The van der Waals surface area contributed by atoms with Crippen LogP contribution in [0.15, 0.2) is 91.0 Å². The number of rotatable bonds is 8. The van der Waals surface area contributed by atoms with Crippen molar-refractivity contribution >= 4 is 23.9 Å². The molecule has 0 saturated heterocycles. The summed E-state index contributed by atoms with van der Waals surface area (Å²) >= 11 is 0. The van der Waals surface area contributed by atoms with E-state index in [2.05, 4.69) is 28.1 Å². The highest BCUT2D eigenvalue weighted by atomic mass is 16.6. The van der Waals surface area contributed by atoms with E-state index >= 15 is 0 Å². The molecule has 4 atom stereocenters. The first-order valence-electron chi connectivity index (χ1n) is 16.0. The third-order valence-electron chi connectivity index (χ3n) is 8.50. The first-order valence-corrected chi connectivity index (χ1v) is 16.0. The Hall–Kier alpha value is -4.96. The molecule has 10 heteroatoms. The van der Waals surface area contributed by atoms with Crippen molar-refractivity contribution in [2.45, 2.75) is 56.7 Å². The minimum absolute atomic E-state index is 0.0267. The van der Waals surface area contributed by atoms with E-state index < -0.39 is 36.2 Å². The van der Waals surface area contributed by atoms with E-state index in [4.69, 9.17) is 9.47 Å². The number of amides is 3. The number of hydrogen-bond donors (Lipinski definition) is 4. The number of aliphatic hydroxyl groups is 1. The smallest absolute Gasteiger partial charge is 0.407 e. The van der Waals surface area contributed by atoms with E-state index in [9.17, 15) is 24.3 Å². The van der Waals surface area contributed by atoms with Gasteiger partial charge in [0.25, 0.3) is 0 Å². The van der Waals surface area contributed by atoms with Gasteiger partial charge in [-0.3, -0.25) is 9.59 Å². The van der Waals surface area contributed by atoms with Crippen LogP contribution in [-0.2, 0) is 23.9 Å². The largest absolute Gasteiger partial charge is 0.454 e. The lowest BCUT2D eigenvalue weighted by Crippen LogP contribution is -2.44. The maximum absolute atomic E-state index is 13.5. The summed E-state index contributed by atoms with van der Waals surface area (Å²) in [6.07, 6.45) is 2.93. The van der Waals surface area contributed by atoms with E-state index in [1.807, 2.05) is 48.5 Å². The highest BCUT2D eigenvalue weighted by molar-refractivity contribution is 5.86. The Balaban J connectivity index is 1.28. The summed E-state index contributed by atoms with van der Waals surface area (Å²) in [6.45, 7) is 1.54. The number of carbonyl (C=O) groups is 4. The van der Waals surface area contributed by atoms with Gasteiger partial charge in [-0.2, -0.15) is 0 Å². The normalized spacial score (nSPS) is 20.6. The third-order valence-corrected chi connectivity index (χ3v) is 8.50. The Morgan fingerprint density at radius 1 is 0.957 bits per heavy atom. The monoisotopic (exact) mass is 639 g/mol. The van der Waals surface area contributed by atoms with Gasteiger partial charge in [-0.05, 0) is 54.0 Å². The van der Waals surface area contributed by atoms with Crippen LogP contribution in [0.3, 0.4) is 0 Å². The summed E-state index contributed by atoms with van der Waals surface area (Å²) in [5, 5.41) is 17.5. The number of carbonyl (C=O) groups excluding carboxylic acids is 4. The minimum Gasteiger partial charge on any atom is -0.454 e. The van der Waals surface area contributed by atoms with Crippen LogP contribution in [-0.4, -0.2) is 60.8 Å². The number of alkyl carbamates (subject to hydrolysis) is 1. The second-order valence-corrected chi connectivity index (χ2v) is 11.9. The Morgan fingerprint density at radius 2 is 1.62 bits per heavy atom. The summed E-state index contributed by atoms with van der Waals surface area (Å²) in [7, 11) is 0. The molecule has 0 spiro atoms. The molecule has 3 aromatic rings. The molecule has 3 amide bonds. The maximum Gasteiger partial charge on any atom is 0.407 e. The van der Waals surface area contributed by atoms with Crippen molar-refractivity contribution in [3.8, 4) is 11.1 Å². The molecule has 0 radical (unpaired) electrons. The second-order valence-electron chi connectivity index (χ2n) is 11.9. The number of benzene rings is 3. The second kappa shape index (κ2) is 16.0. The fourth-order valence-corrected chi connectivity index (χ4v) is 6.01. The van der Waals surface area contributed by atoms with Crippen molar-refractivity contribution < 1.29 is 33.8 Å².